The minimum atomic E-state index is -3.91. The molecule has 1 saturated heterocycles. The van der Waals surface area contributed by atoms with Crippen LogP contribution in [0.25, 0.3) is 0 Å². The maximum Gasteiger partial charge on any atom is 0.339 e. The van der Waals surface area contributed by atoms with E-state index in [0.29, 0.717) is 18.6 Å². The lowest BCUT2D eigenvalue weighted by Gasteiger charge is -2.31. The van der Waals surface area contributed by atoms with Gasteiger partial charge in [-0.05, 0) is 42.7 Å². The molecule has 1 N–H and O–H groups in total. The summed E-state index contributed by atoms with van der Waals surface area (Å²) in [5.74, 6) is -0.585. The number of hydrogen-bond donors (Lipinski definition) is 1. The molecule has 4 rings (SSSR count). The molecule has 0 bridgehead atoms. The summed E-state index contributed by atoms with van der Waals surface area (Å²) in [6.07, 6.45) is 2.29. The number of carbonyl (C=O) groups is 2. The number of rotatable bonds is 7. The molecule has 1 aliphatic rings. The fourth-order valence-electron chi connectivity index (χ4n) is 4.15. The summed E-state index contributed by atoms with van der Waals surface area (Å²) in [4.78, 5) is 25.1. The molecule has 178 valence electrons. The molecule has 1 aromatic heterocycles. The van der Waals surface area contributed by atoms with E-state index >= 15 is 0 Å². The van der Waals surface area contributed by atoms with Gasteiger partial charge >= 0.3 is 5.97 Å². The molecule has 2 aromatic carbocycles. The first-order valence-electron chi connectivity index (χ1n) is 11.0. The predicted molar refractivity (Wildman–Crippen MR) is 124 cm³/mol. The molecule has 0 spiro atoms. The predicted octanol–water partition coefficient (Wildman–Crippen LogP) is 3.37. The number of esters is 1. The average Bonchev–Trinajstić information content (AvgIpc) is 3.42. The highest BCUT2D eigenvalue weighted by Gasteiger charge is 2.35. The summed E-state index contributed by atoms with van der Waals surface area (Å²) in [5, 5.41) is 3.06. The van der Waals surface area contributed by atoms with Gasteiger partial charge in [-0.1, -0.05) is 42.5 Å². The molecule has 1 unspecified atom stereocenters. The molecular formula is C25H26N2O6S. The van der Waals surface area contributed by atoms with Crippen molar-refractivity contribution in [1.29, 1.82) is 0 Å². The quantitative estimate of drug-likeness (QED) is 0.518. The van der Waals surface area contributed by atoms with Crippen molar-refractivity contribution >= 4 is 21.9 Å². The van der Waals surface area contributed by atoms with E-state index in [1.165, 1.54) is 23.5 Å². The zero-order valence-corrected chi connectivity index (χ0v) is 19.5. The number of sulfonamides is 1. The molecule has 0 aliphatic carbocycles. The third kappa shape index (κ3) is 4.90. The number of nitrogens with one attached hydrogen (secondary N) is 1. The number of benzene rings is 2. The van der Waals surface area contributed by atoms with E-state index < -0.39 is 22.0 Å². The maximum atomic E-state index is 13.2. The van der Waals surface area contributed by atoms with Gasteiger partial charge < -0.3 is 14.5 Å². The second-order valence-electron chi connectivity index (χ2n) is 8.03. The molecule has 2 heterocycles. The largest absolute Gasteiger partial charge is 0.467 e. The fraction of sp³-hybridized carbons (Fsp3) is 0.280. The number of hydrogen-bond acceptors (Lipinski definition) is 6. The van der Waals surface area contributed by atoms with Crippen molar-refractivity contribution in [1.82, 2.24) is 9.62 Å². The zero-order chi connectivity index (χ0) is 24.1. The van der Waals surface area contributed by atoms with Crippen LogP contribution < -0.4 is 5.32 Å². The Bertz CT molecular complexity index is 1230. The molecule has 34 heavy (non-hydrogen) atoms. The number of methoxy groups -OCH3 is 1. The molecule has 1 amide bonds. The first kappa shape index (κ1) is 23.7. The fourth-order valence-corrected chi connectivity index (χ4v) is 5.80. The Morgan fingerprint density at radius 3 is 2.32 bits per heavy atom. The molecule has 0 saturated carbocycles. The molecule has 1 aliphatic heterocycles. The van der Waals surface area contributed by atoms with Gasteiger partial charge in [0.15, 0.2) is 0 Å². The van der Waals surface area contributed by atoms with Crippen LogP contribution in [-0.4, -0.2) is 44.8 Å². The Kier molecular flexibility index (Phi) is 7.14. The maximum absolute atomic E-state index is 13.2. The highest BCUT2D eigenvalue weighted by Crippen LogP contribution is 2.28. The first-order valence-corrected chi connectivity index (χ1v) is 12.4. The van der Waals surface area contributed by atoms with Gasteiger partial charge in [-0.25, -0.2) is 13.2 Å². The van der Waals surface area contributed by atoms with Crippen LogP contribution in [0.15, 0.2) is 82.3 Å². The topological polar surface area (TPSA) is 106 Å². The molecule has 0 radical (unpaired) electrons. The Balaban J connectivity index is 1.45. The minimum Gasteiger partial charge on any atom is -0.467 e. The lowest BCUT2D eigenvalue weighted by atomic mass is 9.95. The Morgan fingerprint density at radius 2 is 1.68 bits per heavy atom. The van der Waals surface area contributed by atoms with Crippen LogP contribution in [0.3, 0.4) is 0 Å². The third-order valence-electron chi connectivity index (χ3n) is 5.98. The van der Waals surface area contributed by atoms with Crippen molar-refractivity contribution in [3.63, 3.8) is 0 Å². The van der Waals surface area contributed by atoms with Crippen LogP contribution in [0.1, 0.15) is 40.6 Å². The van der Waals surface area contributed by atoms with Crippen molar-refractivity contribution in [3.05, 3.63) is 89.9 Å². The van der Waals surface area contributed by atoms with Crippen molar-refractivity contribution in [3.8, 4) is 0 Å². The zero-order valence-electron chi connectivity index (χ0n) is 18.7. The number of furan rings is 1. The van der Waals surface area contributed by atoms with Gasteiger partial charge in [0, 0.05) is 19.0 Å². The summed E-state index contributed by atoms with van der Waals surface area (Å²) in [7, 11) is -2.70. The van der Waals surface area contributed by atoms with Crippen LogP contribution in [0.2, 0.25) is 0 Å². The lowest BCUT2D eigenvalue weighted by molar-refractivity contribution is -0.126. The Morgan fingerprint density at radius 1 is 1.00 bits per heavy atom. The molecule has 1 atom stereocenters. The van der Waals surface area contributed by atoms with Gasteiger partial charge in [0.25, 0.3) is 0 Å². The van der Waals surface area contributed by atoms with Gasteiger partial charge in [-0.3, -0.25) is 4.79 Å². The van der Waals surface area contributed by atoms with Gasteiger partial charge in [0.1, 0.15) is 11.8 Å². The molecule has 8 nitrogen and oxygen atoms in total. The van der Waals surface area contributed by atoms with Gasteiger partial charge in [-0.15, -0.1) is 0 Å². The number of carbonyl (C=O) groups excluding carboxylic acids is 2. The van der Waals surface area contributed by atoms with Gasteiger partial charge in [0.05, 0.1) is 23.8 Å². The lowest BCUT2D eigenvalue weighted by Crippen LogP contribution is -2.44. The third-order valence-corrected chi connectivity index (χ3v) is 7.94. The summed E-state index contributed by atoms with van der Waals surface area (Å²) in [6.45, 7) is 0.347. The van der Waals surface area contributed by atoms with E-state index in [-0.39, 0.29) is 35.4 Å². The summed E-state index contributed by atoms with van der Waals surface area (Å²) < 4.78 is 38.1. The van der Waals surface area contributed by atoms with Gasteiger partial charge in [0.2, 0.25) is 15.9 Å². The first-order chi connectivity index (χ1) is 16.4. The van der Waals surface area contributed by atoms with Crippen LogP contribution >= 0.6 is 0 Å². The SMILES string of the molecule is COC(=O)c1ccccc1S(=O)(=O)N1CCC(C(=O)NC(c2ccccc2)c2ccco2)CC1. The van der Waals surface area contributed by atoms with Crippen LogP contribution in [0, 0.1) is 5.92 Å². The monoisotopic (exact) mass is 482 g/mol. The highest BCUT2D eigenvalue weighted by molar-refractivity contribution is 7.89. The Hall–Kier alpha value is -3.43. The highest BCUT2D eigenvalue weighted by atomic mass is 32.2. The minimum absolute atomic E-state index is 0.00554. The standard InChI is InChI=1S/C25H26N2O6S/c1-32-25(29)20-10-5-6-12-22(20)34(30,31)27-15-13-19(14-16-27)24(28)26-23(21-11-7-17-33-21)18-8-3-2-4-9-18/h2-12,17,19,23H,13-16H2,1H3,(H,26,28). The van der Waals surface area contributed by atoms with E-state index in [0.717, 1.165) is 5.56 Å². The van der Waals surface area contributed by atoms with E-state index in [4.69, 9.17) is 9.15 Å². The van der Waals surface area contributed by atoms with E-state index in [1.54, 1.807) is 24.5 Å². The van der Waals surface area contributed by atoms with Crippen molar-refractivity contribution < 1.29 is 27.2 Å². The summed E-state index contributed by atoms with van der Waals surface area (Å²) >= 11 is 0. The van der Waals surface area contributed by atoms with Crippen molar-refractivity contribution in [2.75, 3.05) is 20.2 Å². The number of piperidine rings is 1. The summed E-state index contributed by atoms with van der Waals surface area (Å²) in [6, 6.07) is 18.7. The second-order valence-corrected chi connectivity index (χ2v) is 9.94. The van der Waals surface area contributed by atoms with Crippen LogP contribution in [-0.2, 0) is 19.6 Å². The number of amides is 1. The molecular weight excluding hydrogens is 456 g/mol. The molecule has 1 fully saturated rings. The van der Waals surface area contributed by atoms with Crippen molar-refractivity contribution in [2.45, 2.75) is 23.8 Å². The average molecular weight is 483 g/mol. The number of ether oxygens (including phenoxy) is 1. The number of nitrogens with zero attached hydrogens (tertiary/aromatic N) is 1. The second kappa shape index (κ2) is 10.2. The van der Waals surface area contributed by atoms with Crippen molar-refractivity contribution in [2.24, 2.45) is 5.92 Å². The van der Waals surface area contributed by atoms with Gasteiger partial charge in [-0.2, -0.15) is 4.31 Å². The van der Waals surface area contributed by atoms with Crippen LogP contribution in [0.5, 0.6) is 0 Å². The van der Waals surface area contributed by atoms with E-state index in [2.05, 4.69) is 5.32 Å². The normalized spacial score (nSPS) is 16.0. The smallest absolute Gasteiger partial charge is 0.339 e. The van der Waals surface area contributed by atoms with E-state index in [9.17, 15) is 18.0 Å². The van der Waals surface area contributed by atoms with Crippen LogP contribution in [0.4, 0.5) is 0 Å². The molecule has 9 heteroatoms. The molecule has 3 aromatic rings. The summed E-state index contributed by atoms with van der Waals surface area (Å²) in [5.41, 5.74) is 0.888. The Labute approximate surface area is 198 Å². The van der Waals surface area contributed by atoms with E-state index in [1.807, 2.05) is 36.4 Å².